The number of likely N-dealkylation sites (N-methyl/N-ethyl adjacent to an activating group) is 2. The van der Waals surface area contributed by atoms with E-state index in [4.69, 9.17) is 0 Å². The first-order valence-electron chi connectivity index (χ1n) is 15.1. The predicted octanol–water partition coefficient (Wildman–Crippen LogP) is 1.49. The first kappa shape index (κ1) is 47.3. The van der Waals surface area contributed by atoms with E-state index in [1.165, 1.54) is 73.2 Å². The monoisotopic (exact) mass is 920 g/mol. The molecule has 2 aliphatic heterocycles. The molecule has 0 saturated heterocycles. The zero-order valence-electron chi connectivity index (χ0n) is 30.8. The molecular weight excluding hydrogens is 886 g/mol. The maximum atomic E-state index is 12.5. The molecule has 2 aromatic carbocycles. The van der Waals surface area contributed by atoms with E-state index >= 15 is 0 Å². The largest absolute Gasteiger partial charge is 2.00 e. The smallest absolute Gasteiger partial charge is 0.870 e. The molecule has 0 unspecified atom stereocenters. The van der Waals surface area contributed by atoms with Crippen molar-refractivity contribution >= 4 is 97.9 Å². The summed E-state index contributed by atoms with van der Waals surface area (Å²) in [5.74, 6) is -2.87. The van der Waals surface area contributed by atoms with E-state index in [2.05, 4.69) is 20.6 Å². The maximum Gasteiger partial charge on any atom is 2.00 e. The molecule has 23 heteroatoms. The summed E-state index contributed by atoms with van der Waals surface area (Å²) in [5, 5.41) is 30.6. The number of benzene rings is 2. The Morgan fingerprint density at radius 3 is 1.22 bits per heavy atom. The number of rotatable bonds is 4. The SMILES string of the molecule is CS(C)=O.CS(C)=O.Cc1cnc(NC(=O)C2=C([O-])c3ccccc3S(=O)(=O)N2C)s1.Cc1cnc(NC(=O)C2=C([O-])c3ccccc3S(=O)(=O)N2C)s1.[Zn+2]. The van der Waals surface area contributed by atoms with Crippen LogP contribution in [0.2, 0.25) is 0 Å². The summed E-state index contributed by atoms with van der Waals surface area (Å²) in [6, 6.07) is 11.6. The van der Waals surface area contributed by atoms with E-state index < -0.39 is 76.4 Å². The number of carbonyl (C=O) groups excluding carboxylic acids is 2. The molecule has 0 fully saturated rings. The number of hydrogen-bond acceptors (Lipinski definition) is 14. The molecule has 0 radical (unpaired) electrons. The molecular formula is C32H36N6O10S6Zn. The Balaban J connectivity index is 0.000000314. The van der Waals surface area contributed by atoms with Gasteiger partial charge in [0.05, 0.1) is 9.79 Å². The average Bonchev–Trinajstić information content (AvgIpc) is 3.69. The Kier molecular flexibility index (Phi) is 17.1. The quantitative estimate of drug-likeness (QED) is 0.277. The number of thiazole rings is 2. The molecule has 292 valence electrons. The number of aromatic nitrogens is 2. The number of amides is 2. The van der Waals surface area contributed by atoms with Crippen molar-refractivity contribution in [3.05, 3.63) is 93.2 Å². The molecule has 16 nitrogen and oxygen atoms in total. The molecule has 6 rings (SSSR count). The van der Waals surface area contributed by atoms with Crippen molar-refractivity contribution in [2.75, 3.05) is 49.8 Å². The van der Waals surface area contributed by atoms with Crippen molar-refractivity contribution in [1.29, 1.82) is 0 Å². The fourth-order valence-electron chi connectivity index (χ4n) is 4.46. The topological polar surface area (TPSA) is 239 Å². The van der Waals surface area contributed by atoms with Crippen LogP contribution in [0.25, 0.3) is 11.5 Å². The van der Waals surface area contributed by atoms with Gasteiger partial charge in [-0.25, -0.2) is 26.8 Å². The normalized spacial score (nSPS) is 14.8. The number of fused-ring (bicyclic) bond motifs is 2. The third-order valence-corrected chi connectivity index (χ3v) is 12.0. The Bertz CT molecular complexity index is 2220. The summed E-state index contributed by atoms with van der Waals surface area (Å²) >= 11 is 2.46. The Morgan fingerprint density at radius 2 is 0.945 bits per heavy atom. The van der Waals surface area contributed by atoms with Gasteiger partial charge in [0, 0.05) is 82.9 Å². The van der Waals surface area contributed by atoms with E-state index in [9.17, 15) is 45.1 Å². The second-order valence-electron chi connectivity index (χ2n) is 11.2. The summed E-state index contributed by atoms with van der Waals surface area (Å²) in [6.07, 6.45) is 9.70. The van der Waals surface area contributed by atoms with Gasteiger partial charge in [-0.15, -0.1) is 22.7 Å². The van der Waals surface area contributed by atoms with Crippen LogP contribution in [-0.2, 0) is 70.7 Å². The van der Waals surface area contributed by atoms with E-state index in [-0.39, 0.29) is 40.4 Å². The van der Waals surface area contributed by atoms with Gasteiger partial charge in [0.2, 0.25) is 0 Å². The van der Waals surface area contributed by atoms with Gasteiger partial charge in [0.25, 0.3) is 31.9 Å². The van der Waals surface area contributed by atoms with E-state index in [1.54, 1.807) is 49.5 Å². The number of carbonyl (C=O) groups is 2. The fourth-order valence-corrected chi connectivity index (χ4v) is 8.56. The number of nitrogens with one attached hydrogen (secondary N) is 2. The van der Waals surface area contributed by atoms with Crippen molar-refractivity contribution in [2.45, 2.75) is 23.6 Å². The third kappa shape index (κ3) is 11.6. The van der Waals surface area contributed by atoms with Crippen molar-refractivity contribution in [3.63, 3.8) is 0 Å². The van der Waals surface area contributed by atoms with Crippen LogP contribution in [0, 0.1) is 13.8 Å². The van der Waals surface area contributed by atoms with Gasteiger partial charge in [-0.3, -0.25) is 37.3 Å². The molecule has 4 heterocycles. The number of sulfonamides is 2. The molecule has 55 heavy (non-hydrogen) atoms. The Labute approximate surface area is 345 Å². The minimum absolute atomic E-state index is 0. The number of nitrogens with zero attached hydrogens (tertiary/aromatic N) is 4. The van der Waals surface area contributed by atoms with Crippen LogP contribution < -0.4 is 20.8 Å². The van der Waals surface area contributed by atoms with Crippen LogP contribution >= 0.6 is 22.7 Å². The molecule has 2 aromatic heterocycles. The average molecular weight is 922 g/mol. The molecule has 0 aliphatic carbocycles. The third-order valence-electron chi connectivity index (χ3n) is 6.71. The Hall–Kier alpha value is -3.86. The minimum atomic E-state index is -3.94. The van der Waals surface area contributed by atoms with Crippen molar-refractivity contribution in [2.24, 2.45) is 0 Å². The summed E-state index contributed by atoms with van der Waals surface area (Å²) in [7, 11) is -6.73. The van der Waals surface area contributed by atoms with Crippen LogP contribution in [0.5, 0.6) is 0 Å². The van der Waals surface area contributed by atoms with Gasteiger partial charge in [-0.2, -0.15) is 0 Å². The predicted molar refractivity (Wildman–Crippen MR) is 208 cm³/mol. The number of hydrogen-bond donors (Lipinski definition) is 2. The molecule has 0 spiro atoms. The second kappa shape index (κ2) is 19.8. The zero-order chi connectivity index (χ0) is 40.7. The molecule has 0 bridgehead atoms. The van der Waals surface area contributed by atoms with Crippen molar-refractivity contribution < 1.29 is 64.5 Å². The van der Waals surface area contributed by atoms with Crippen LogP contribution in [0.4, 0.5) is 10.3 Å². The maximum absolute atomic E-state index is 12.5. The van der Waals surface area contributed by atoms with E-state index in [1.807, 2.05) is 13.8 Å². The van der Waals surface area contributed by atoms with Gasteiger partial charge < -0.3 is 10.2 Å². The number of anilines is 2. The van der Waals surface area contributed by atoms with Gasteiger partial charge in [0.1, 0.15) is 11.4 Å². The molecule has 2 amide bonds. The summed E-state index contributed by atoms with van der Waals surface area (Å²) < 4.78 is 70.5. The fraction of sp³-hybridized carbons (Fsp3) is 0.250. The van der Waals surface area contributed by atoms with Gasteiger partial charge in [-0.1, -0.05) is 47.9 Å². The summed E-state index contributed by atoms with van der Waals surface area (Å²) in [4.78, 5) is 34.3. The molecule has 2 aliphatic rings. The first-order valence-corrected chi connectivity index (χ1v) is 23.5. The van der Waals surface area contributed by atoms with Crippen molar-refractivity contribution in [3.8, 4) is 0 Å². The first-order chi connectivity index (χ1) is 25.1. The minimum Gasteiger partial charge on any atom is -0.870 e. The van der Waals surface area contributed by atoms with Crippen LogP contribution in [0.3, 0.4) is 0 Å². The molecule has 2 N–H and O–H groups in total. The summed E-state index contributed by atoms with van der Waals surface area (Å²) in [6.45, 7) is 3.64. The van der Waals surface area contributed by atoms with E-state index in [0.717, 1.165) is 9.75 Å². The van der Waals surface area contributed by atoms with Crippen molar-refractivity contribution in [1.82, 2.24) is 18.6 Å². The molecule has 4 aromatic rings. The number of aryl methyl sites for hydroxylation is 2. The zero-order valence-corrected chi connectivity index (χ0v) is 38.7. The van der Waals surface area contributed by atoms with Crippen LogP contribution in [-0.4, -0.2) is 94.8 Å². The standard InChI is InChI=1S/2C14H13N3O4S2.2C2H6OS.Zn/c2*1-8-7-15-14(22-8)16-13(19)11-12(18)9-5-3-4-6-10(9)23(20,21)17(11)2;2*1-4(2)3;/h2*3-7,18H,1-2H3,(H,15,16,19);2*1-2H3;/q;;;;+2/p-2. The van der Waals surface area contributed by atoms with Gasteiger partial charge in [0.15, 0.2) is 10.3 Å². The molecule has 0 saturated carbocycles. The van der Waals surface area contributed by atoms with E-state index in [0.29, 0.717) is 18.9 Å². The van der Waals surface area contributed by atoms with Crippen LogP contribution in [0.15, 0.2) is 82.1 Å². The van der Waals surface area contributed by atoms with Gasteiger partial charge >= 0.3 is 19.5 Å². The second-order valence-corrected chi connectivity index (χ2v) is 20.5. The van der Waals surface area contributed by atoms with Crippen LogP contribution in [0.1, 0.15) is 20.9 Å². The van der Waals surface area contributed by atoms with Gasteiger partial charge in [-0.05, 0) is 37.1 Å². The summed E-state index contributed by atoms with van der Waals surface area (Å²) in [5.41, 5.74) is -0.912. The molecule has 0 atom stereocenters. The Morgan fingerprint density at radius 1 is 0.655 bits per heavy atom.